The average molecular weight is 284 g/mol. The van der Waals surface area contributed by atoms with Gasteiger partial charge in [-0.1, -0.05) is 41.0 Å². The molecule has 0 saturated heterocycles. The van der Waals surface area contributed by atoms with Crippen LogP contribution in [0.4, 0.5) is 0 Å². The van der Waals surface area contributed by atoms with E-state index in [1.807, 2.05) is 0 Å². The Balaban J connectivity index is 2.10. The first kappa shape index (κ1) is 18.0. The zero-order valence-electron chi connectivity index (χ0n) is 14.5. The number of ether oxygens (including phenoxy) is 1. The van der Waals surface area contributed by atoms with Crippen LogP contribution in [0.1, 0.15) is 73.1 Å². The van der Waals surface area contributed by atoms with Gasteiger partial charge in [0.1, 0.15) is 0 Å². The quantitative estimate of drug-likeness (QED) is 0.543. The van der Waals surface area contributed by atoms with Gasteiger partial charge in [-0.2, -0.15) is 0 Å². The van der Waals surface area contributed by atoms with Gasteiger partial charge in [0.2, 0.25) is 0 Å². The summed E-state index contributed by atoms with van der Waals surface area (Å²) in [6.07, 6.45) is 8.06. The van der Waals surface area contributed by atoms with E-state index in [1.165, 1.54) is 32.1 Å². The minimum Gasteiger partial charge on any atom is -0.381 e. The molecule has 0 aromatic carbocycles. The van der Waals surface area contributed by atoms with Gasteiger partial charge in [0, 0.05) is 19.3 Å². The normalized spacial score (nSPS) is 24.9. The second-order valence-electron chi connectivity index (χ2n) is 8.04. The Hall–Kier alpha value is -0.0800. The zero-order chi connectivity index (χ0) is 15.0. The van der Waals surface area contributed by atoms with E-state index in [2.05, 4.69) is 39.9 Å². The van der Waals surface area contributed by atoms with Gasteiger partial charge >= 0.3 is 0 Å². The average Bonchev–Trinajstić information content (AvgIpc) is 2.58. The van der Waals surface area contributed by atoms with Crippen LogP contribution in [-0.2, 0) is 4.74 Å². The van der Waals surface area contributed by atoms with Gasteiger partial charge < -0.3 is 10.1 Å². The van der Waals surface area contributed by atoms with Gasteiger partial charge in [0.05, 0.1) is 0 Å². The van der Waals surface area contributed by atoms with Crippen molar-refractivity contribution >= 4 is 0 Å². The molecule has 1 saturated carbocycles. The summed E-state index contributed by atoms with van der Waals surface area (Å²) in [4.78, 5) is 0. The van der Waals surface area contributed by atoms with E-state index in [0.717, 1.165) is 38.1 Å². The van der Waals surface area contributed by atoms with E-state index in [4.69, 9.17) is 4.74 Å². The second kappa shape index (κ2) is 9.04. The molecule has 1 aliphatic carbocycles. The van der Waals surface area contributed by atoms with Gasteiger partial charge in [-0.25, -0.2) is 0 Å². The monoisotopic (exact) mass is 283 g/mol. The van der Waals surface area contributed by atoms with Gasteiger partial charge in [0.15, 0.2) is 0 Å². The highest BCUT2D eigenvalue weighted by atomic mass is 16.5. The fourth-order valence-corrected chi connectivity index (χ4v) is 3.17. The first-order chi connectivity index (χ1) is 9.39. The summed E-state index contributed by atoms with van der Waals surface area (Å²) in [6.45, 7) is 14.5. The third kappa shape index (κ3) is 7.64. The number of hydrogen-bond acceptors (Lipinski definition) is 2. The van der Waals surface area contributed by atoms with Crippen LogP contribution in [0.3, 0.4) is 0 Å². The topological polar surface area (TPSA) is 21.3 Å². The molecule has 0 amide bonds. The Bertz CT molecular complexity index is 244. The predicted octanol–water partition coefficient (Wildman–Crippen LogP) is 4.63. The Labute approximate surface area is 127 Å². The third-order valence-electron chi connectivity index (χ3n) is 4.54. The van der Waals surface area contributed by atoms with E-state index in [1.54, 1.807) is 0 Å². The Morgan fingerprint density at radius 2 is 1.85 bits per heavy atom. The fraction of sp³-hybridized carbons (Fsp3) is 1.00. The van der Waals surface area contributed by atoms with Gasteiger partial charge in [-0.05, 0) is 55.9 Å². The summed E-state index contributed by atoms with van der Waals surface area (Å²) in [5, 5.41) is 3.74. The van der Waals surface area contributed by atoms with Crippen LogP contribution in [0.2, 0.25) is 0 Å². The van der Waals surface area contributed by atoms with Gasteiger partial charge in [-0.3, -0.25) is 0 Å². The van der Waals surface area contributed by atoms with Crippen molar-refractivity contribution in [1.29, 1.82) is 0 Å². The van der Waals surface area contributed by atoms with Crippen molar-refractivity contribution in [3.63, 3.8) is 0 Å². The molecule has 2 unspecified atom stereocenters. The maximum absolute atomic E-state index is 5.63. The molecule has 2 heteroatoms. The molecule has 1 N–H and O–H groups in total. The molecule has 0 radical (unpaired) electrons. The molecular formula is C18H37NO. The van der Waals surface area contributed by atoms with Crippen molar-refractivity contribution in [2.75, 3.05) is 19.8 Å². The minimum atomic E-state index is 0.486. The van der Waals surface area contributed by atoms with Crippen molar-refractivity contribution in [2.45, 2.75) is 79.2 Å². The van der Waals surface area contributed by atoms with E-state index in [0.29, 0.717) is 11.3 Å². The molecule has 1 aliphatic rings. The van der Waals surface area contributed by atoms with Crippen LogP contribution in [0.15, 0.2) is 0 Å². The minimum absolute atomic E-state index is 0.486. The zero-order valence-corrected chi connectivity index (χ0v) is 14.5. The molecule has 0 aliphatic heterocycles. The molecule has 120 valence electrons. The highest BCUT2D eigenvalue weighted by Gasteiger charge is 2.27. The van der Waals surface area contributed by atoms with Crippen molar-refractivity contribution in [3.8, 4) is 0 Å². The van der Waals surface area contributed by atoms with Gasteiger partial charge in [0.25, 0.3) is 0 Å². The lowest BCUT2D eigenvalue weighted by atomic mass is 9.76. The number of rotatable bonds is 7. The van der Waals surface area contributed by atoms with Gasteiger partial charge in [-0.15, -0.1) is 0 Å². The van der Waals surface area contributed by atoms with Crippen LogP contribution in [0.5, 0.6) is 0 Å². The van der Waals surface area contributed by atoms with Crippen LogP contribution >= 0.6 is 0 Å². The predicted molar refractivity (Wildman–Crippen MR) is 88.1 cm³/mol. The summed E-state index contributed by atoms with van der Waals surface area (Å²) < 4.78 is 5.63. The van der Waals surface area contributed by atoms with Crippen LogP contribution < -0.4 is 5.32 Å². The molecule has 20 heavy (non-hydrogen) atoms. The second-order valence-corrected chi connectivity index (χ2v) is 8.04. The molecule has 1 fully saturated rings. The van der Waals surface area contributed by atoms with Crippen LogP contribution in [0, 0.1) is 17.3 Å². The van der Waals surface area contributed by atoms with Crippen molar-refractivity contribution < 1.29 is 4.74 Å². The summed E-state index contributed by atoms with van der Waals surface area (Å²) in [6, 6.07) is 0.743. The molecule has 0 aromatic rings. The van der Waals surface area contributed by atoms with Crippen LogP contribution in [-0.4, -0.2) is 25.8 Å². The summed E-state index contributed by atoms with van der Waals surface area (Å²) in [5.41, 5.74) is 0.486. The Morgan fingerprint density at radius 1 is 1.10 bits per heavy atom. The molecular weight excluding hydrogens is 246 g/mol. The van der Waals surface area contributed by atoms with Crippen molar-refractivity contribution in [2.24, 2.45) is 17.3 Å². The molecule has 0 bridgehead atoms. The maximum Gasteiger partial charge on any atom is 0.0489 e. The van der Waals surface area contributed by atoms with Crippen molar-refractivity contribution in [1.82, 2.24) is 5.32 Å². The molecule has 0 spiro atoms. The Morgan fingerprint density at radius 3 is 2.50 bits per heavy atom. The fourth-order valence-electron chi connectivity index (χ4n) is 3.17. The lowest BCUT2D eigenvalue weighted by Crippen LogP contribution is -2.30. The molecule has 2 atom stereocenters. The molecule has 1 rings (SSSR count). The standard InChI is InChI=1S/C18H37NO/c1-15(2)14-20-13-7-12-19-17-9-6-8-16(10-11-17)18(3,4)5/h15-17,19H,6-14H2,1-5H3. The number of nitrogens with one attached hydrogen (secondary N) is 1. The summed E-state index contributed by atoms with van der Waals surface area (Å²) >= 11 is 0. The molecule has 0 aromatic heterocycles. The third-order valence-corrected chi connectivity index (χ3v) is 4.54. The van der Waals surface area contributed by atoms with E-state index >= 15 is 0 Å². The highest BCUT2D eigenvalue weighted by Crippen LogP contribution is 2.36. The largest absolute Gasteiger partial charge is 0.381 e. The first-order valence-electron chi connectivity index (χ1n) is 8.70. The summed E-state index contributed by atoms with van der Waals surface area (Å²) in [7, 11) is 0. The SMILES string of the molecule is CC(C)COCCCNC1CCCC(C(C)(C)C)CC1. The lowest BCUT2D eigenvalue weighted by Gasteiger charge is -2.29. The molecule has 2 nitrogen and oxygen atoms in total. The van der Waals surface area contributed by atoms with Crippen molar-refractivity contribution in [3.05, 3.63) is 0 Å². The smallest absolute Gasteiger partial charge is 0.0489 e. The first-order valence-corrected chi connectivity index (χ1v) is 8.70. The highest BCUT2D eigenvalue weighted by molar-refractivity contribution is 4.81. The summed E-state index contributed by atoms with van der Waals surface area (Å²) in [5.74, 6) is 1.56. The number of hydrogen-bond donors (Lipinski definition) is 1. The van der Waals surface area contributed by atoms with E-state index in [-0.39, 0.29) is 0 Å². The maximum atomic E-state index is 5.63. The lowest BCUT2D eigenvalue weighted by molar-refractivity contribution is 0.107. The molecule has 0 heterocycles. The van der Waals surface area contributed by atoms with E-state index < -0.39 is 0 Å². The van der Waals surface area contributed by atoms with Crippen LogP contribution in [0.25, 0.3) is 0 Å². The Kier molecular flexibility index (Phi) is 8.13. The van der Waals surface area contributed by atoms with E-state index in [9.17, 15) is 0 Å².